The van der Waals surface area contributed by atoms with E-state index < -0.39 is 0 Å². The minimum atomic E-state index is -0.303. The first-order valence-electron chi connectivity index (χ1n) is 10.6. The van der Waals surface area contributed by atoms with Crippen LogP contribution in [-0.2, 0) is 19.1 Å². The molecule has 0 bridgehead atoms. The van der Waals surface area contributed by atoms with Gasteiger partial charge in [-0.15, -0.1) is 0 Å². The van der Waals surface area contributed by atoms with Crippen LogP contribution in [0.25, 0.3) is 11.1 Å². The molecule has 2 saturated heterocycles. The van der Waals surface area contributed by atoms with Crippen molar-refractivity contribution >= 4 is 11.8 Å². The van der Waals surface area contributed by atoms with E-state index in [1.54, 1.807) is 22.2 Å². The number of likely N-dealkylation sites (tertiary alicyclic amines) is 1. The largest absolute Gasteiger partial charge is 0.370 e. The number of morpholine rings is 1. The highest BCUT2D eigenvalue weighted by atomic mass is 16.5. The van der Waals surface area contributed by atoms with E-state index in [2.05, 4.69) is 15.0 Å². The first kappa shape index (κ1) is 21.3. The second-order valence-corrected chi connectivity index (χ2v) is 7.79. The molecule has 2 aromatic rings. The molecule has 164 valence electrons. The summed E-state index contributed by atoms with van der Waals surface area (Å²) in [5.41, 5.74) is 3.52. The Labute approximate surface area is 181 Å². The number of hydrogen-bond acceptors (Lipinski definition) is 7. The molecule has 2 aliphatic rings. The quantitative estimate of drug-likeness (QED) is 0.618. The molecule has 0 saturated carbocycles. The number of carbonyl (C=O) groups is 2. The maximum atomic E-state index is 12.6. The van der Waals surface area contributed by atoms with Crippen molar-refractivity contribution < 1.29 is 19.1 Å². The third-order valence-corrected chi connectivity index (χ3v) is 5.52. The van der Waals surface area contributed by atoms with Crippen molar-refractivity contribution in [2.45, 2.75) is 25.9 Å². The molecule has 31 heavy (non-hydrogen) atoms. The number of aromatic nitrogens is 3. The first-order chi connectivity index (χ1) is 15.1. The number of carbonyl (C=O) groups excluding carboxylic acids is 2. The van der Waals surface area contributed by atoms with Gasteiger partial charge in [0.2, 0.25) is 11.8 Å². The maximum Gasteiger partial charge on any atom is 0.248 e. The summed E-state index contributed by atoms with van der Waals surface area (Å²) < 4.78 is 11.5. The minimum absolute atomic E-state index is 0.00258. The standard InChI is InChI=1S/C22H27N5O4/c1-16-9-17(18-11-23-15-24-12-18)10-19(25-16)20-13-27(6-8-31-20)22(29)14-30-7-5-26-4-2-3-21(26)28/h9-12,15,20H,2-8,13-14H2,1H3. The summed E-state index contributed by atoms with van der Waals surface area (Å²) in [5, 5.41) is 0. The van der Waals surface area contributed by atoms with Crippen molar-refractivity contribution in [2.75, 3.05) is 46.0 Å². The fraction of sp³-hybridized carbons (Fsp3) is 0.500. The molecule has 2 fully saturated rings. The van der Waals surface area contributed by atoms with Gasteiger partial charge in [-0.2, -0.15) is 0 Å². The fourth-order valence-electron chi connectivity index (χ4n) is 3.89. The SMILES string of the molecule is Cc1cc(-c2cncnc2)cc(C2CN(C(=O)COCCN3CCCC3=O)CCO2)n1. The van der Waals surface area contributed by atoms with Crippen LogP contribution in [0.5, 0.6) is 0 Å². The molecule has 0 spiro atoms. The first-order valence-corrected chi connectivity index (χ1v) is 10.6. The van der Waals surface area contributed by atoms with E-state index >= 15 is 0 Å². The minimum Gasteiger partial charge on any atom is -0.370 e. The van der Waals surface area contributed by atoms with E-state index in [9.17, 15) is 9.59 Å². The van der Waals surface area contributed by atoms with Crippen LogP contribution in [0.15, 0.2) is 30.9 Å². The molecule has 2 amide bonds. The summed E-state index contributed by atoms with van der Waals surface area (Å²) in [6, 6.07) is 3.95. The second kappa shape index (κ2) is 9.93. The molecule has 0 radical (unpaired) electrons. The molecule has 2 aromatic heterocycles. The van der Waals surface area contributed by atoms with Crippen LogP contribution in [0.4, 0.5) is 0 Å². The highest BCUT2D eigenvalue weighted by Crippen LogP contribution is 2.26. The molecular weight excluding hydrogens is 398 g/mol. The molecule has 1 atom stereocenters. The van der Waals surface area contributed by atoms with Gasteiger partial charge in [-0.05, 0) is 31.0 Å². The topological polar surface area (TPSA) is 97.8 Å². The van der Waals surface area contributed by atoms with Gasteiger partial charge in [-0.1, -0.05) is 0 Å². The van der Waals surface area contributed by atoms with Crippen LogP contribution in [-0.4, -0.2) is 82.6 Å². The summed E-state index contributed by atoms with van der Waals surface area (Å²) in [6.45, 7) is 5.01. The molecule has 0 aromatic carbocycles. The number of hydrogen-bond donors (Lipinski definition) is 0. The zero-order chi connectivity index (χ0) is 21.6. The molecule has 1 unspecified atom stereocenters. The predicted molar refractivity (Wildman–Crippen MR) is 112 cm³/mol. The van der Waals surface area contributed by atoms with Crippen molar-refractivity contribution in [1.29, 1.82) is 0 Å². The predicted octanol–water partition coefficient (Wildman–Crippen LogP) is 1.39. The Morgan fingerprint density at radius 2 is 2.06 bits per heavy atom. The lowest BCUT2D eigenvalue weighted by atomic mass is 10.1. The Kier molecular flexibility index (Phi) is 6.83. The van der Waals surface area contributed by atoms with Crippen LogP contribution in [0.2, 0.25) is 0 Å². The Morgan fingerprint density at radius 1 is 1.23 bits per heavy atom. The van der Waals surface area contributed by atoms with Gasteiger partial charge in [0.15, 0.2) is 0 Å². The molecule has 9 nitrogen and oxygen atoms in total. The smallest absolute Gasteiger partial charge is 0.248 e. The molecule has 0 N–H and O–H groups in total. The normalized spacial score (nSPS) is 19.1. The van der Waals surface area contributed by atoms with Gasteiger partial charge in [-0.3, -0.25) is 14.6 Å². The average molecular weight is 425 g/mol. The van der Waals surface area contributed by atoms with E-state index in [1.807, 2.05) is 19.1 Å². The number of amides is 2. The Hall–Kier alpha value is -2.91. The van der Waals surface area contributed by atoms with Gasteiger partial charge >= 0.3 is 0 Å². The molecular formula is C22H27N5O4. The Morgan fingerprint density at radius 3 is 2.84 bits per heavy atom. The van der Waals surface area contributed by atoms with Crippen molar-refractivity contribution in [3.63, 3.8) is 0 Å². The summed E-state index contributed by atoms with van der Waals surface area (Å²) in [5.74, 6) is 0.0865. The van der Waals surface area contributed by atoms with Crippen molar-refractivity contribution in [3.05, 3.63) is 42.2 Å². The average Bonchev–Trinajstić information content (AvgIpc) is 3.21. The zero-order valence-electron chi connectivity index (χ0n) is 17.7. The van der Waals surface area contributed by atoms with Crippen LogP contribution in [0.1, 0.15) is 30.3 Å². The summed E-state index contributed by atoms with van der Waals surface area (Å²) >= 11 is 0. The van der Waals surface area contributed by atoms with E-state index in [1.165, 1.54) is 6.33 Å². The summed E-state index contributed by atoms with van der Waals surface area (Å²) in [7, 11) is 0. The van der Waals surface area contributed by atoms with Crippen molar-refractivity contribution in [1.82, 2.24) is 24.8 Å². The van der Waals surface area contributed by atoms with Crippen molar-refractivity contribution in [3.8, 4) is 11.1 Å². The van der Waals surface area contributed by atoms with E-state index in [-0.39, 0.29) is 24.5 Å². The van der Waals surface area contributed by atoms with Gasteiger partial charge < -0.3 is 19.3 Å². The third-order valence-electron chi connectivity index (χ3n) is 5.52. The van der Waals surface area contributed by atoms with E-state index in [0.717, 1.165) is 35.5 Å². The lowest BCUT2D eigenvalue weighted by Gasteiger charge is -2.33. The van der Waals surface area contributed by atoms with Gasteiger partial charge in [0.05, 0.1) is 25.5 Å². The fourth-order valence-corrected chi connectivity index (χ4v) is 3.89. The molecule has 4 rings (SSSR count). The van der Waals surface area contributed by atoms with Crippen LogP contribution in [0, 0.1) is 6.92 Å². The Balaban J connectivity index is 1.33. The highest BCUT2D eigenvalue weighted by Gasteiger charge is 2.27. The van der Waals surface area contributed by atoms with E-state index in [0.29, 0.717) is 39.3 Å². The van der Waals surface area contributed by atoms with Gasteiger partial charge in [0.25, 0.3) is 0 Å². The van der Waals surface area contributed by atoms with Gasteiger partial charge in [0, 0.05) is 49.7 Å². The number of rotatable bonds is 7. The number of nitrogens with zero attached hydrogens (tertiary/aromatic N) is 5. The van der Waals surface area contributed by atoms with Crippen LogP contribution in [0.3, 0.4) is 0 Å². The molecule has 0 aliphatic carbocycles. The van der Waals surface area contributed by atoms with Gasteiger partial charge in [0.1, 0.15) is 19.0 Å². The monoisotopic (exact) mass is 425 g/mol. The molecule has 4 heterocycles. The molecule has 2 aliphatic heterocycles. The second-order valence-electron chi connectivity index (χ2n) is 7.79. The number of ether oxygens (including phenoxy) is 2. The number of aryl methyl sites for hydroxylation is 1. The Bertz CT molecular complexity index is 923. The third kappa shape index (κ3) is 5.42. The van der Waals surface area contributed by atoms with Crippen LogP contribution < -0.4 is 0 Å². The summed E-state index contributed by atoms with van der Waals surface area (Å²) in [4.78, 5) is 40.6. The van der Waals surface area contributed by atoms with Crippen molar-refractivity contribution in [2.24, 2.45) is 0 Å². The van der Waals surface area contributed by atoms with E-state index in [4.69, 9.17) is 9.47 Å². The lowest BCUT2D eigenvalue weighted by molar-refractivity contribution is -0.144. The molecule has 9 heteroatoms. The van der Waals surface area contributed by atoms with Crippen LogP contribution >= 0.6 is 0 Å². The van der Waals surface area contributed by atoms with Gasteiger partial charge in [-0.25, -0.2) is 9.97 Å². The maximum absolute atomic E-state index is 12.6. The zero-order valence-corrected chi connectivity index (χ0v) is 17.7. The number of pyridine rings is 1. The highest BCUT2D eigenvalue weighted by molar-refractivity contribution is 5.78. The lowest BCUT2D eigenvalue weighted by Crippen LogP contribution is -2.44. The summed E-state index contributed by atoms with van der Waals surface area (Å²) in [6.07, 6.45) is 6.23.